The van der Waals surface area contributed by atoms with Gasteiger partial charge in [0, 0.05) is 26.3 Å². The Kier molecular flexibility index (Phi) is 6.52. The Morgan fingerprint density at radius 3 is 2.67 bits per heavy atom. The average molecular weight is 288 g/mol. The van der Waals surface area contributed by atoms with Gasteiger partial charge >= 0.3 is 0 Å². The Labute approximate surface area is 127 Å². The molecule has 1 saturated heterocycles. The lowest BCUT2D eigenvalue weighted by Gasteiger charge is -2.27. The van der Waals surface area contributed by atoms with Crippen molar-refractivity contribution in [1.29, 1.82) is 5.26 Å². The lowest BCUT2D eigenvalue weighted by atomic mass is 10.00. The van der Waals surface area contributed by atoms with Crippen LogP contribution in [0.5, 0.6) is 5.75 Å². The fourth-order valence-corrected chi connectivity index (χ4v) is 2.58. The summed E-state index contributed by atoms with van der Waals surface area (Å²) in [6.45, 7) is 4.55. The van der Waals surface area contributed by atoms with Crippen LogP contribution in [-0.2, 0) is 11.2 Å². The molecular formula is C17H24N2O2. The van der Waals surface area contributed by atoms with Gasteiger partial charge in [0.05, 0.1) is 12.5 Å². The molecule has 4 nitrogen and oxygen atoms in total. The molecule has 4 heteroatoms. The van der Waals surface area contributed by atoms with Gasteiger partial charge in [-0.1, -0.05) is 12.1 Å². The Balaban J connectivity index is 1.65. The number of benzene rings is 1. The minimum absolute atomic E-state index is 0.453. The van der Waals surface area contributed by atoms with E-state index >= 15 is 0 Å². The molecule has 0 atom stereocenters. The lowest BCUT2D eigenvalue weighted by Crippen LogP contribution is -2.32. The normalized spacial score (nSPS) is 15.9. The summed E-state index contributed by atoms with van der Waals surface area (Å²) in [7, 11) is 2.15. The molecule has 0 unspecified atom stereocenters. The molecule has 0 aliphatic carbocycles. The number of likely N-dealkylation sites (N-methyl/N-ethyl adjacent to an activating group) is 1. The smallest absolute Gasteiger partial charge is 0.119 e. The van der Waals surface area contributed by atoms with E-state index in [9.17, 15) is 0 Å². The molecule has 1 heterocycles. The highest BCUT2D eigenvalue weighted by Gasteiger charge is 2.15. The maximum atomic E-state index is 8.63. The van der Waals surface area contributed by atoms with Crippen LogP contribution in [0.2, 0.25) is 0 Å². The van der Waals surface area contributed by atoms with E-state index in [1.54, 1.807) is 0 Å². The second kappa shape index (κ2) is 8.66. The van der Waals surface area contributed by atoms with E-state index in [0.29, 0.717) is 13.0 Å². The first-order valence-electron chi connectivity index (χ1n) is 7.63. The Bertz CT molecular complexity index is 447. The molecule has 1 aliphatic rings. The monoisotopic (exact) mass is 288 g/mol. The van der Waals surface area contributed by atoms with E-state index in [-0.39, 0.29) is 0 Å². The van der Waals surface area contributed by atoms with Crippen molar-refractivity contribution in [3.63, 3.8) is 0 Å². The zero-order chi connectivity index (χ0) is 14.9. The molecule has 0 N–H and O–H groups in total. The number of nitrogens with zero attached hydrogens (tertiary/aromatic N) is 2. The average Bonchev–Trinajstić information content (AvgIpc) is 2.50. The molecule has 1 fully saturated rings. The van der Waals surface area contributed by atoms with Crippen molar-refractivity contribution in [3.05, 3.63) is 29.8 Å². The van der Waals surface area contributed by atoms with E-state index < -0.39 is 0 Å². The quantitative estimate of drug-likeness (QED) is 0.773. The van der Waals surface area contributed by atoms with Gasteiger partial charge in [-0.05, 0) is 43.5 Å². The van der Waals surface area contributed by atoms with Crippen LogP contribution in [0.25, 0.3) is 0 Å². The largest absolute Gasteiger partial charge is 0.492 e. The SMILES string of the molecule is CN(CCOc1ccc(CC#N)cc1)CC1CCOCC1. The number of rotatable bonds is 7. The van der Waals surface area contributed by atoms with Crippen LogP contribution in [0.4, 0.5) is 0 Å². The fraction of sp³-hybridized carbons (Fsp3) is 0.588. The van der Waals surface area contributed by atoms with E-state index in [0.717, 1.165) is 43.5 Å². The van der Waals surface area contributed by atoms with Crippen molar-refractivity contribution in [3.8, 4) is 11.8 Å². The van der Waals surface area contributed by atoms with Gasteiger partial charge < -0.3 is 14.4 Å². The van der Waals surface area contributed by atoms with Crippen molar-refractivity contribution in [1.82, 2.24) is 4.90 Å². The second-order valence-corrected chi connectivity index (χ2v) is 5.65. The van der Waals surface area contributed by atoms with Gasteiger partial charge in [0.15, 0.2) is 0 Å². The summed E-state index contributed by atoms with van der Waals surface area (Å²) in [5.41, 5.74) is 1.03. The summed E-state index contributed by atoms with van der Waals surface area (Å²) >= 11 is 0. The zero-order valence-corrected chi connectivity index (χ0v) is 12.8. The van der Waals surface area contributed by atoms with Crippen LogP contribution < -0.4 is 4.74 Å². The highest BCUT2D eigenvalue weighted by atomic mass is 16.5. The van der Waals surface area contributed by atoms with E-state index in [1.165, 1.54) is 12.8 Å². The molecule has 0 saturated carbocycles. The predicted octanol–water partition coefficient (Wildman–Crippen LogP) is 2.49. The Morgan fingerprint density at radius 2 is 2.00 bits per heavy atom. The molecule has 1 aromatic rings. The molecule has 114 valence electrons. The molecule has 0 aromatic heterocycles. The van der Waals surface area contributed by atoms with Crippen LogP contribution >= 0.6 is 0 Å². The van der Waals surface area contributed by atoms with Gasteiger partial charge in [-0.2, -0.15) is 5.26 Å². The van der Waals surface area contributed by atoms with E-state index in [4.69, 9.17) is 14.7 Å². The summed E-state index contributed by atoms with van der Waals surface area (Å²) in [5, 5.41) is 8.63. The Hall–Kier alpha value is -1.57. The molecule has 0 spiro atoms. The minimum Gasteiger partial charge on any atom is -0.492 e. The van der Waals surface area contributed by atoms with Crippen LogP contribution in [0, 0.1) is 17.2 Å². The molecular weight excluding hydrogens is 264 g/mol. The maximum absolute atomic E-state index is 8.63. The third-order valence-electron chi connectivity index (χ3n) is 3.86. The summed E-state index contributed by atoms with van der Waals surface area (Å²) in [4.78, 5) is 2.33. The Morgan fingerprint density at radius 1 is 1.29 bits per heavy atom. The molecule has 1 aliphatic heterocycles. The summed E-state index contributed by atoms with van der Waals surface area (Å²) < 4.78 is 11.1. The van der Waals surface area contributed by atoms with E-state index in [2.05, 4.69) is 18.0 Å². The van der Waals surface area contributed by atoms with Gasteiger partial charge in [0.25, 0.3) is 0 Å². The number of ether oxygens (including phenoxy) is 2. The van der Waals surface area contributed by atoms with Crippen LogP contribution in [0.3, 0.4) is 0 Å². The summed E-state index contributed by atoms with van der Waals surface area (Å²) in [5.74, 6) is 1.63. The fourth-order valence-electron chi connectivity index (χ4n) is 2.58. The first-order valence-corrected chi connectivity index (χ1v) is 7.63. The van der Waals surface area contributed by atoms with Crippen molar-refractivity contribution in [2.24, 2.45) is 5.92 Å². The predicted molar refractivity (Wildman–Crippen MR) is 82.3 cm³/mol. The minimum atomic E-state index is 0.453. The number of hydrogen-bond acceptors (Lipinski definition) is 4. The molecule has 0 amide bonds. The number of hydrogen-bond donors (Lipinski definition) is 0. The molecule has 0 radical (unpaired) electrons. The maximum Gasteiger partial charge on any atom is 0.119 e. The molecule has 0 bridgehead atoms. The van der Waals surface area contributed by atoms with E-state index in [1.807, 2.05) is 24.3 Å². The van der Waals surface area contributed by atoms with Gasteiger partial charge in [0.2, 0.25) is 0 Å². The molecule has 2 rings (SSSR count). The third kappa shape index (κ3) is 5.74. The topological polar surface area (TPSA) is 45.5 Å². The molecule has 1 aromatic carbocycles. The van der Waals surface area contributed by atoms with Crippen molar-refractivity contribution in [2.75, 3.05) is 40.0 Å². The highest BCUT2D eigenvalue weighted by molar-refractivity contribution is 5.28. The van der Waals surface area contributed by atoms with Crippen LogP contribution in [-0.4, -0.2) is 44.9 Å². The van der Waals surface area contributed by atoms with Crippen molar-refractivity contribution >= 4 is 0 Å². The summed E-state index contributed by atoms with van der Waals surface area (Å²) in [6, 6.07) is 9.91. The zero-order valence-electron chi connectivity index (χ0n) is 12.8. The highest BCUT2D eigenvalue weighted by Crippen LogP contribution is 2.16. The standard InChI is InChI=1S/C17H24N2O2/c1-19(14-16-7-11-20-12-8-16)10-13-21-17-4-2-15(3-5-17)6-9-18/h2-5,16H,6-8,10-14H2,1H3. The van der Waals surface area contributed by atoms with Crippen LogP contribution in [0.1, 0.15) is 18.4 Å². The van der Waals surface area contributed by atoms with Gasteiger partial charge in [0.1, 0.15) is 12.4 Å². The van der Waals surface area contributed by atoms with Gasteiger partial charge in [-0.25, -0.2) is 0 Å². The first kappa shape index (κ1) is 15.8. The molecule has 21 heavy (non-hydrogen) atoms. The van der Waals surface area contributed by atoms with Crippen molar-refractivity contribution < 1.29 is 9.47 Å². The summed E-state index contributed by atoms with van der Waals surface area (Å²) in [6.07, 6.45) is 2.80. The second-order valence-electron chi connectivity index (χ2n) is 5.65. The lowest BCUT2D eigenvalue weighted by molar-refractivity contribution is 0.0543. The van der Waals surface area contributed by atoms with Gasteiger partial charge in [-0.15, -0.1) is 0 Å². The number of nitriles is 1. The first-order chi connectivity index (χ1) is 10.3. The third-order valence-corrected chi connectivity index (χ3v) is 3.86. The van der Waals surface area contributed by atoms with Crippen molar-refractivity contribution in [2.45, 2.75) is 19.3 Å². The van der Waals surface area contributed by atoms with Crippen LogP contribution in [0.15, 0.2) is 24.3 Å². The van der Waals surface area contributed by atoms with Gasteiger partial charge in [-0.3, -0.25) is 0 Å².